The number of hydrogen-bond acceptors (Lipinski definition) is 4. The summed E-state index contributed by atoms with van der Waals surface area (Å²) in [6.45, 7) is 6.53. The molecule has 2 aromatic rings. The van der Waals surface area contributed by atoms with Gasteiger partial charge in [-0.1, -0.05) is 32.9 Å². The van der Waals surface area contributed by atoms with Crippen LogP contribution in [0.15, 0.2) is 30.5 Å². The van der Waals surface area contributed by atoms with Gasteiger partial charge in [-0.2, -0.15) is 4.98 Å². The number of aromatic nitrogens is 2. The average Bonchev–Trinajstić information content (AvgIpc) is 2.33. The van der Waals surface area contributed by atoms with Gasteiger partial charge in [-0.3, -0.25) is 0 Å². The fourth-order valence-electron chi connectivity index (χ4n) is 1.66. The lowest BCUT2D eigenvalue weighted by molar-refractivity contribution is 0.590. The van der Waals surface area contributed by atoms with E-state index in [1.165, 1.54) is 11.8 Å². The molecule has 19 heavy (non-hydrogen) atoms. The average molecular weight is 277 g/mol. The topological polar surface area (TPSA) is 63.8 Å². The van der Waals surface area contributed by atoms with Crippen LogP contribution in [0.25, 0.3) is 0 Å². The Morgan fingerprint density at radius 1 is 1.16 bits per heavy atom. The van der Waals surface area contributed by atoms with E-state index in [0.29, 0.717) is 11.5 Å². The number of rotatable bonds is 2. The highest BCUT2D eigenvalue weighted by molar-refractivity contribution is 6.28. The van der Waals surface area contributed by atoms with Crippen LogP contribution < -0.4 is 11.1 Å². The van der Waals surface area contributed by atoms with E-state index >= 15 is 0 Å². The summed E-state index contributed by atoms with van der Waals surface area (Å²) in [4.78, 5) is 7.87. The van der Waals surface area contributed by atoms with Gasteiger partial charge in [0.15, 0.2) is 5.82 Å². The SMILES string of the molecule is CC(C)(C)c1ccc(Nc2nc(Cl)ncc2N)cc1. The molecule has 0 bridgehead atoms. The summed E-state index contributed by atoms with van der Waals surface area (Å²) in [5.41, 5.74) is 8.57. The van der Waals surface area contributed by atoms with Crippen LogP contribution in [0.5, 0.6) is 0 Å². The molecule has 4 nitrogen and oxygen atoms in total. The summed E-state index contributed by atoms with van der Waals surface area (Å²) in [7, 11) is 0. The number of nitrogen functional groups attached to an aromatic ring is 1. The molecule has 1 heterocycles. The third kappa shape index (κ3) is 3.35. The molecule has 0 amide bonds. The smallest absolute Gasteiger partial charge is 0.224 e. The van der Waals surface area contributed by atoms with Gasteiger partial charge in [0.25, 0.3) is 0 Å². The molecule has 0 aliphatic rings. The van der Waals surface area contributed by atoms with Gasteiger partial charge >= 0.3 is 0 Å². The molecule has 1 aromatic heterocycles. The van der Waals surface area contributed by atoms with E-state index in [1.54, 1.807) is 0 Å². The summed E-state index contributed by atoms with van der Waals surface area (Å²) in [6, 6.07) is 8.16. The number of benzene rings is 1. The predicted octanol–water partition coefficient (Wildman–Crippen LogP) is 3.75. The van der Waals surface area contributed by atoms with Crippen molar-refractivity contribution in [3.05, 3.63) is 41.3 Å². The maximum absolute atomic E-state index is 5.79. The Hall–Kier alpha value is -1.81. The van der Waals surface area contributed by atoms with Gasteiger partial charge in [0, 0.05) is 5.69 Å². The predicted molar refractivity (Wildman–Crippen MR) is 79.9 cm³/mol. The van der Waals surface area contributed by atoms with Crippen LogP contribution in [0.3, 0.4) is 0 Å². The van der Waals surface area contributed by atoms with E-state index in [1.807, 2.05) is 12.1 Å². The lowest BCUT2D eigenvalue weighted by atomic mass is 9.87. The molecule has 0 fully saturated rings. The van der Waals surface area contributed by atoms with Gasteiger partial charge in [0.1, 0.15) is 0 Å². The molecule has 0 unspecified atom stereocenters. The van der Waals surface area contributed by atoms with Crippen molar-refractivity contribution in [1.82, 2.24) is 9.97 Å². The third-order valence-corrected chi connectivity index (χ3v) is 2.98. The monoisotopic (exact) mass is 276 g/mol. The lowest BCUT2D eigenvalue weighted by Gasteiger charge is -2.19. The highest BCUT2D eigenvalue weighted by Crippen LogP contribution is 2.26. The van der Waals surface area contributed by atoms with E-state index in [2.05, 4.69) is 48.2 Å². The molecule has 1 aromatic carbocycles. The molecule has 2 rings (SSSR count). The van der Waals surface area contributed by atoms with E-state index in [9.17, 15) is 0 Å². The number of nitrogens with two attached hydrogens (primary N) is 1. The van der Waals surface area contributed by atoms with Crippen LogP contribution >= 0.6 is 11.6 Å². The Bertz CT molecular complexity index is 573. The molecular weight excluding hydrogens is 260 g/mol. The van der Waals surface area contributed by atoms with Crippen molar-refractivity contribution < 1.29 is 0 Å². The summed E-state index contributed by atoms with van der Waals surface area (Å²) < 4.78 is 0. The van der Waals surface area contributed by atoms with Crippen LogP contribution in [0, 0.1) is 0 Å². The van der Waals surface area contributed by atoms with Gasteiger partial charge in [-0.15, -0.1) is 0 Å². The fourth-order valence-corrected chi connectivity index (χ4v) is 1.79. The molecule has 0 atom stereocenters. The quantitative estimate of drug-likeness (QED) is 0.820. The van der Waals surface area contributed by atoms with Gasteiger partial charge in [0.05, 0.1) is 11.9 Å². The maximum Gasteiger partial charge on any atom is 0.224 e. The summed E-state index contributed by atoms with van der Waals surface area (Å²) in [5, 5.41) is 3.30. The van der Waals surface area contributed by atoms with Crippen LogP contribution in [0.4, 0.5) is 17.2 Å². The van der Waals surface area contributed by atoms with Crippen LogP contribution in [0.2, 0.25) is 5.28 Å². The molecule has 5 heteroatoms. The molecule has 0 aliphatic heterocycles. The number of halogens is 1. The fraction of sp³-hybridized carbons (Fsp3) is 0.286. The van der Waals surface area contributed by atoms with Crippen molar-refractivity contribution in [3.63, 3.8) is 0 Å². The van der Waals surface area contributed by atoms with E-state index < -0.39 is 0 Å². The van der Waals surface area contributed by atoms with Crippen molar-refractivity contribution in [3.8, 4) is 0 Å². The zero-order chi connectivity index (χ0) is 14.0. The first kappa shape index (κ1) is 13.6. The van der Waals surface area contributed by atoms with Crippen molar-refractivity contribution in [2.24, 2.45) is 0 Å². The standard InChI is InChI=1S/C14H17ClN4/c1-14(2,3)9-4-6-10(7-5-9)18-12-11(16)8-17-13(15)19-12/h4-8H,16H2,1-3H3,(H,17,18,19). The summed E-state index contributed by atoms with van der Waals surface area (Å²) >= 11 is 5.75. The van der Waals surface area contributed by atoms with Gasteiger partial charge in [-0.05, 0) is 34.7 Å². The minimum absolute atomic E-state index is 0.135. The number of hydrogen-bond donors (Lipinski definition) is 2. The van der Waals surface area contributed by atoms with E-state index in [4.69, 9.17) is 17.3 Å². The Labute approximate surface area is 118 Å². The lowest BCUT2D eigenvalue weighted by Crippen LogP contribution is -2.10. The zero-order valence-electron chi connectivity index (χ0n) is 11.2. The third-order valence-electron chi connectivity index (χ3n) is 2.80. The maximum atomic E-state index is 5.79. The highest BCUT2D eigenvalue weighted by atomic mass is 35.5. The van der Waals surface area contributed by atoms with Crippen molar-refractivity contribution in [2.45, 2.75) is 26.2 Å². The number of nitrogens with one attached hydrogen (secondary N) is 1. The van der Waals surface area contributed by atoms with Gasteiger partial charge in [-0.25, -0.2) is 4.98 Å². The van der Waals surface area contributed by atoms with Gasteiger partial charge < -0.3 is 11.1 Å². The second-order valence-corrected chi connectivity index (χ2v) is 5.73. The molecule has 0 spiro atoms. The molecular formula is C14H17ClN4. The second-order valence-electron chi connectivity index (χ2n) is 5.40. The first-order valence-electron chi connectivity index (χ1n) is 6.02. The van der Waals surface area contributed by atoms with E-state index in [0.717, 1.165) is 5.69 Å². The van der Waals surface area contributed by atoms with Crippen molar-refractivity contribution >= 4 is 28.8 Å². The Balaban J connectivity index is 2.22. The zero-order valence-corrected chi connectivity index (χ0v) is 12.0. The summed E-state index contributed by atoms with van der Waals surface area (Å²) in [5.74, 6) is 0.517. The van der Waals surface area contributed by atoms with Crippen LogP contribution in [-0.4, -0.2) is 9.97 Å². The van der Waals surface area contributed by atoms with E-state index in [-0.39, 0.29) is 10.7 Å². The molecule has 0 aliphatic carbocycles. The first-order chi connectivity index (χ1) is 8.86. The Kier molecular flexibility index (Phi) is 3.62. The summed E-state index contributed by atoms with van der Waals surface area (Å²) in [6.07, 6.45) is 1.49. The Morgan fingerprint density at radius 3 is 2.37 bits per heavy atom. The molecule has 3 N–H and O–H groups in total. The number of nitrogens with zero attached hydrogens (tertiary/aromatic N) is 2. The largest absolute Gasteiger partial charge is 0.394 e. The minimum Gasteiger partial charge on any atom is -0.394 e. The highest BCUT2D eigenvalue weighted by Gasteiger charge is 2.13. The van der Waals surface area contributed by atoms with Crippen LogP contribution in [0.1, 0.15) is 26.3 Å². The number of anilines is 3. The minimum atomic E-state index is 0.135. The molecule has 100 valence electrons. The first-order valence-corrected chi connectivity index (χ1v) is 6.39. The molecule has 0 saturated heterocycles. The Morgan fingerprint density at radius 2 is 1.79 bits per heavy atom. The van der Waals surface area contributed by atoms with Crippen molar-refractivity contribution in [1.29, 1.82) is 0 Å². The van der Waals surface area contributed by atoms with Gasteiger partial charge in [0.2, 0.25) is 5.28 Å². The van der Waals surface area contributed by atoms with Crippen molar-refractivity contribution in [2.75, 3.05) is 11.1 Å². The van der Waals surface area contributed by atoms with Crippen LogP contribution in [-0.2, 0) is 5.41 Å². The molecule has 0 saturated carbocycles. The normalized spacial score (nSPS) is 11.4. The molecule has 0 radical (unpaired) electrons. The second kappa shape index (κ2) is 5.05.